The molecule has 0 heterocycles. The number of halogens is 8. The zero-order valence-corrected chi connectivity index (χ0v) is 41.0. The van der Waals surface area contributed by atoms with E-state index in [-0.39, 0.29) is 73.6 Å². The zero-order valence-electron chi connectivity index (χ0n) is 39.5. The van der Waals surface area contributed by atoms with Gasteiger partial charge in [-0.1, -0.05) is 38.1 Å². The van der Waals surface area contributed by atoms with Gasteiger partial charge in [0.05, 0.1) is 23.0 Å². The first kappa shape index (κ1) is 62.3. The summed E-state index contributed by atoms with van der Waals surface area (Å²) >= 11 is 10.6. The lowest BCUT2D eigenvalue weighted by Gasteiger charge is -2.52. The molecular formula is C47H63Cl2F6N3O9. The van der Waals surface area contributed by atoms with E-state index < -0.39 is 69.9 Å². The third kappa shape index (κ3) is 23.7. The van der Waals surface area contributed by atoms with E-state index in [2.05, 4.69) is 4.85 Å². The van der Waals surface area contributed by atoms with Crippen molar-refractivity contribution in [1.29, 1.82) is 0 Å². The highest BCUT2D eigenvalue weighted by molar-refractivity contribution is 6.27. The average Bonchev–Trinajstić information content (AvgIpc) is 3.17. The summed E-state index contributed by atoms with van der Waals surface area (Å²) in [4.78, 5) is 74.2. The van der Waals surface area contributed by atoms with Gasteiger partial charge in [-0.2, -0.15) is 26.3 Å². The van der Waals surface area contributed by atoms with Crippen LogP contribution in [0.25, 0.3) is 4.85 Å². The van der Waals surface area contributed by atoms with Crippen LogP contribution in [-0.2, 0) is 63.7 Å². The van der Waals surface area contributed by atoms with Crippen molar-refractivity contribution in [2.24, 2.45) is 23.5 Å². The van der Waals surface area contributed by atoms with Crippen LogP contribution in [0.4, 0.5) is 26.3 Å². The molecule has 2 aliphatic rings. The lowest BCUT2D eigenvalue weighted by molar-refractivity contribution is -0.176. The Kier molecular flexibility index (Phi) is 25.4. The molecule has 3 N–H and O–H groups in total. The van der Waals surface area contributed by atoms with Crippen molar-refractivity contribution in [2.75, 3.05) is 11.8 Å². The van der Waals surface area contributed by atoms with E-state index in [1.807, 2.05) is 48.5 Å². The van der Waals surface area contributed by atoms with Gasteiger partial charge in [0.1, 0.15) is 34.3 Å². The number of ether oxygens (including phenoxy) is 2. The van der Waals surface area contributed by atoms with Crippen LogP contribution >= 0.6 is 23.2 Å². The number of benzene rings is 2. The van der Waals surface area contributed by atoms with Crippen molar-refractivity contribution < 1.29 is 69.7 Å². The van der Waals surface area contributed by atoms with Crippen LogP contribution in [0.5, 0.6) is 0 Å². The molecule has 2 aromatic rings. The number of hydrogen-bond acceptors (Lipinski definition) is 9. The Labute approximate surface area is 399 Å². The standard InChI is InChI=1S/C24H31ClF3NO4.C9H14O3.C8H8F3N.C4H7N.C2H3ClO2/c1-15(2)10-19(30)23(11-17(12-23)21(32)33-22(3,4)5)29(20(31)13-25)14-16-6-8-18(9-7-16)24(26,27)28;1-9(2,3)12-8(11)6-4-7(10)5-6;9-8(10,11)7-3-1-6(5-12)2-4-7;1-4(2)5-3;3-1-2(4)5/h6-9,15,17H,10-14H2,1-5H3;6H,4-5H2,1-3H3;1-4H,5,12H2;4H,1-2H3;1H2,(H,4,5). The minimum atomic E-state index is -4.48. The summed E-state index contributed by atoms with van der Waals surface area (Å²) in [7, 11) is 0. The molecule has 67 heavy (non-hydrogen) atoms. The minimum absolute atomic E-state index is 0.0222. The third-order valence-corrected chi connectivity index (χ3v) is 9.61. The molecule has 0 atom stereocenters. The maximum Gasteiger partial charge on any atom is 0.416 e. The Morgan fingerprint density at radius 2 is 1.13 bits per heavy atom. The van der Waals surface area contributed by atoms with Crippen LogP contribution in [0.1, 0.15) is 124 Å². The highest BCUT2D eigenvalue weighted by atomic mass is 35.5. The van der Waals surface area contributed by atoms with Crippen molar-refractivity contribution >= 4 is 58.6 Å². The first-order valence-electron chi connectivity index (χ1n) is 21.1. The Balaban J connectivity index is 0.00000103. The highest BCUT2D eigenvalue weighted by Gasteiger charge is 2.57. The van der Waals surface area contributed by atoms with Gasteiger partial charge in [-0.3, -0.25) is 28.8 Å². The molecule has 0 spiro atoms. The summed E-state index contributed by atoms with van der Waals surface area (Å²) in [5.74, 6) is -3.61. The monoisotopic (exact) mass is 997 g/mol. The van der Waals surface area contributed by atoms with Gasteiger partial charge in [0, 0.05) is 46.2 Å². The van der Waals surface area contributed by atoms with Crippen molar-refractivity contribution in [3.63, 3.8) is 0 Å². The van der Waals surface area contributed by atoms with Gasteiger partial charge in [0.15, 0.2) is 5.78 Å². The molecule has 0 aromatic heterocycles. The van der Waals surface area contributed by atoms with Crippen LogP contribution in [-0.4, -0.2) is 79.9 Å². The molecule has 1 amide bonds. The normalized spacial score (nSPS) is 16.8. The molecule has 0 bridgehead atoms. The molecule has 2 aromatic carbocycles. The van der Waals surface area contributed by atoms with Crippen LogP contribution in [0, 0.1) is 24.3 Å². The SMILES string of the molecule is CC(C)(C)OC(=O)C1CC(=O)C1.CC(C)CC(=O)C1(N(Cc2ccc(C(F)(F)F)cc2)C(=O)CCl)CC(C(=O)OC(C)(C)C)C1.NCc1ccc(C(F)(F)F)cc1.O=C(O)CCl.[C-]#[N+]C(C)C. The summed E-state index contributed by atoms with van der Waals surface area (Å²) < 4.78 is 85.2. The largest absolute Gasteiger partial charge is 0.480 e. The number of esters is 2. The molecular weight excluding hydrogens is 935 g/mol. The second-order valence-corrected chi connectivity index (χ2v) is 18.9. The van der Waals surface area contributed by atoms with Crippen LogP contribution in [0.15, 0.2) is 48.5 Å². The second kappa shape index (κ2) is 27.3. The number of alkyl halides is 8. The summed E-state index contributed by atoms with van der Waals surface area (Å²) in [6.07, 6.45) is -7.61. The van der Waals surface area contributed by atoms with Crippen LogP contribution in [0.3, 0.4) is 0 Å². The molecule has 0 unspecified atom stereocenters. The van der Waals surface area contributed by atoms with Gasteiger partial charge >= 0.3 is 30.3 Å². The average molecular weight is 999 g/mol. The first-order chi connectivity index (χ1) is 30.5. The lowest BCUT2D eigenvalue weighted by atomic mass is 9.63. The Hall–Kier alpha value is -4.73. The summed E-state index contributed by atoms with van der Waals surface area (Å²) in [5.41, 5.74) is 2.53. The van der Waals surface area contributed by atoms with Gasteiger partial charge in [-0.05, 0) is 95.7 Å². The topological polar surface area (TPSA) is 175 Å². The van der Waals surface area contributed by atoms with E-state index in [4.69, 9.17) is 50.1 Å². The Morgan fingerprint density at radius 3 is 1.42 bits per heavy atom. The minimum Gasteiger partial charge on any atom is -0.480 e. The molecule has 0 saturated heterocycles. The summed E-state index contributed by atoms with van der Waals surface area (Å²) in [6, 6.07) is 9.42. The van der Waals surface area contributed by atoms with Crippen molar-refractivity contribution in [3.8, 4) is 0 Å². The van der Waals surface area contributed by atoms with Gasteiger partial charge in [-0.15, -0.1) is 23.2 Å². The highest BCUT2D eigenvalue weighted by Crippen LogP contribution is 2.46. The van der Waals surface area contributed by atoms with Gasteiger partial charge in [0.25, 0.3) is 0 Å². The van der Waals surface area contributed by atoms with E-state index in [0.29, 0.717) is 24.0 Å². The smallest absolute Gasteiger partial charge is 0.416 e. The van der Waals surface area contributed by atoms with Crippen LogP contribution < -0.4 is 5.73 Å². The Morgan fingerprint density at radius 1 is 0.761 bits per heavy atom. The van der Waals surface area contributed by atoms with E-state index in [1.165, 1.54) is 29.2 Å². The predicted octanol–water partition coefficient (Wildman–Crippen LogP) is 10.5. The maximum absolute atomic E-state index is 13.3. The summed E-state index contributed by atoms with van der Waals surface area (Å²) in [6.45, 7) is 24.6. The van der Waals surface area contributed by atoms with E-state index in [0.717, 1.165) is 24.3 Å². The number of carbonyl (C=O) groups is 6. The number of hydrogen-bond donors (Lipinski definition) is 2. The third-order valence-electron chi connectivity index (χ3n) is 9.15. The molecule has 20 heteroatoms. The van der Waals surface area contributed by atoms with Crippen molar-refractivity contribution in [1.82, 2.24) is 4.90 Å². The number of Topliss-reactive ketones (excluding diaryl/α,β-unsaturated/α-hetero) is 2. The van der Waals surface area contributed by atoms with E-state index in [1.54, 1.807) is 20.8 Å². The molecule has 2 aliphatic carbocycles. The molecule has 2 saturated carbocycles. The van der Waals surface area contributed by atoms with E-state index in [9.17, 15) is 55.1 Å². The van der Waals surface area contributed by atoms with Gasteiger partial charge in [0.2, 0.25) is 11.9 Å². The van der Waals surface area contributed by atoms with Crippen LogP contribution in [0.2, 0.25) is 0 Å². The quantitative estimate of drug-likeness (QED) is 0.0954. The molecule has 12 nitrogen and oxygen atoms in total. The molecule has 376 valence electrons. The lowest BCUT2D eigenvalue weighted by Crippen LogP contribution is -2.65. The molecule has 0 radical (unpaired) electrons. The van der Waals surface area contributed by atoms with E-state index >= 15 is 0 Å². The molecule has 0 aliphatic heterocycles. The van der Waals surface area contributed by atoms with Gasteiger partial charge in [-0.25, -0.2) is 6.57 Å². The number of amides is 1. The predicted molar refractivity (Wildman–Crippen MR) is 241 cm³/mol. The number of nitrogens with two attached hydrogens (primary N) is 1. The second-order valence-electron chi connectivity index (χ2n) is 18.3. The summed E-state index contributed by atoms with van der Waals surface area (Å²) in [5, 5.41) is 7.59. The first-order valence-corrected chi connectivity index (χ1v) is 22.2. The fourth-order valence-corrected chi connectivity index (χ4v) is 6.01. The van der Waals surface area contributed by atoms with Crippen molar-refractivity contribution in [2.45, 2.75) is 150 Å². The Bertz CT molecular complexity index is 1960. The number of carbonyl (C=O) groups excluding carboxylic acids is 5. The van der Waals surface area contributed by atoms with Gasteiger partial charge < -0.3 is 30.1 Å². The number of carboxylic acid groups (broad SMARTS) is 1. The fourth-order valence-electron chi connectivity index (χ4n) is 5.87. The molecule has 2 fully saturated rings. The number of aliphatic carboxylic acids is 1. The zero-order chi connectivity index (χ0) is 52.3. The maximum atomic E-state index is 13.3. The number of ketones is 2. The number of nitrogens with zero attached hydrogens (tertiary/aromatic N) is 2. The van der Waals surface area contributed by atoms with Crippen molar-refractivity contribution in [3.05, 3.63) is 82.2 Å². The number of rotatable bonds is 11. The molecule has 4 rings (SSSR count). The number of carboxylic acids is 1. The fraction of sp³-hybridized carbons (Fsp3) is 0.596.